The van der Waals surface area contributed by atoms with E-state index in [1.54, 1.807) is 24.3 Å². The number of para-hydroxylation sites is 2. The van der Waals surface area contributed by atoms with Gasteiger partial charge in [-0.2, -0.15) is 0 Å². The second-order valence-electron chi connectivity index (χ2n) is 7.87. The number of fused-ring (bicyclic) bond motifs is 2. The molecular formula is C23H21N3O4. The van der Waals surface area contributed by atoms with E-state index in [4.69, 9.17) is 4.42 Å². The lowest BCUT2D eigenvalue weighted by Crippen LogP contribution is -2.38. The van der Waals surface area contributed by atoms with Gasteiger partial charge in [-0.15, -0.1) is 0 Å². The third kappa shape index (κ3) is 3.26. The summed E-state index contributed by atoms with van der Waals surface area (Å²) in [6, 6.07) is 14.6. The molecule has 1 aliphatic heterocycles. The van der Waals surface area contributed by atoms with Gasteiger partial charge in [-0.05, 0) is 49.2 Å². The van der Waals surface area contributed by atoms with Crippen LogP contribution in [0.4, 0.5) is 5.69 Å². The highest BCUT2D eigenvalue weighted by atomic mass is 16.3. The molecule has 0 bridgehead atoms. The summed E-state index contributed by atoms with van der Waals surface area (Å²) in [6.07, 6.45) is 3.41. The number of carbonyl (C=O) groups is 3. The zero-order valence-corrected chi connectivity index (χ0v) is 16.3. The largest absolute Gasteiger partial charge is 0.436 e. The SMILES string of the molecule is O=C(CN1C(=O)C2CCCCC2C1=O)Nc1ccc(-c2nc3ccccc3o2)cc1. The number of nitrogens with one attached hydrogen (secondary N) is 1. The van der Waals surface area contributed by atoms with Crippen LogP contribution in [0, 0.1) is 11.8 Å². The first-order valence-corrected chi connectivity index (χ1v) is 10.2. The number of hydrogen-bond acceptors (Lipinski definition) is 5. The number of imide groups is 1. The Morgan fingerprint density at radius 3 is 2.33 bits per heavy atom. The van der Waals surface area contributed by atoms with E-state index < -0.39 is 0 Å². The molecule has 1 saturated heterocycles. The van der Waals surface area contributed by atoms with Crippen molar-refractivity contribution in [3.05, 3.63) is 48.5 Å². The van der Waals surface area contributed by atoms with Crippen LogP contribution >= 0.6 is 0 Å². The first-order chi connectivity index (χ1) is 14.6. The van der Waals surface area contributed by atoms with Gasteiger partial charge in [0.25, 0.3) is 0 Å². The molecule has 2 heterocycles. The van der Waals surface area contributed by atoms with Crippen LogP contribution in [0.25, 0.3) is 22.6 Å². The average Bonchev–Trinajstić information content (AvgIpc) is 3.30. The van der Waals surface area contributed by atoms with Crippen LogP contribution in [0.1, 0.15) is 25.7 Å². The number of anilines is 1. The molecule has 2 fully saturated rings. The van der Waals surface area contributed by atoms with Gasteiger partial charge in [0.1, 0.15) is 12.1 Å². The van der Waals surface area contributed by atoms with E-state index in [-0.39, 0.29) is 36.1 Å². The fourth-order valence-corrected chi connectivity index (χ4v) is 4.42. The molecule has 2 atom stereocenters. The highest BCUT2D eigenvalue weighted by Crippen LogP contribution is 2.37. The fourth-order valence-electron chi connectivity index (χ4n) is 4.42. The standard InChI is InChI=1S/C23H21N3O4/c27-20(13-26-22(28)16-5-1-2-6-17(16)23(26)29)24-15-11-9-14(10-12-15)21-25-18-7-3-4-8-19(18)30-21/h3-4,7-12,16-17H,1-2,5-6,13H2,(H,24,27). The predicted octanol–water partition coefficient (Wildman–Crippen LogP) is 3.61. The lowest BCUT2D eigenvalue weighted by Gasteiger charge is -2.19. The molecular weight excluding hydrogens is 382 g/mol. The zero-order valence-electron chi connectivity index (χ0n) is 16.3. The van der Waals surface area contributed by atoms with Crippen molar-refractivity contribution in [1.29, 1.82) is 0 Å². The van der Waals surface area contributed by atoms with E-state index in [1.165, 1.54) is 0 Å². The topological polar surface area (TPSA) is 92.5 Å². The molecule has 30 heavy (non-hydrogen) atoms. The summed E-state index contributed by atoms with van der Waals surface area (Å²) in [5.41, 5.74) is 2.87. The monoisotopic (exact) mass is 403 g/mol. The molecule has 2 aromatic carbocycles. The van der Waals surface area contributed by atoms with Gasteiger partial charge in [0.15, 0.2) is 5.58 Å². The Kier molecular flexibility index (Phi) is 4.58. The molecule has 2 aliphatic rings. The van der Waals surface area contributed by atoms with Gasteiger partial charge in [0.2, 0.25) is 23.6 Å². The molecule has 0 spiro atoms. The molecule has 3 aromatic rings. The van der Waals surface area contributed by atoms with Crippen LogP contribution in [0.2, 0.25) is 0 Å². The van der Waals surface area contributed by atoms with E-state index >= 15 is 0 Å². The summed E-state index contributed by atoms with van der Waals surface area (Å²) < 4.78 is 5.75. The third-order valence-electron chi connectivity index (χ3n) is 5.94. The summed E-state index contributed by atoms with van der Waals surface area (Å²) in [7, 11) is 0. The number of likely N-dealkylation sites (tertiary alicyclic amines) is 1. The maximum Gasteiger partial charge on any atom is 0.244 e. The maximum atomic E-state index is 12.5. The van der Waals surface area contributed by atoms with Crippen LogP contribution in [0.5, 0.6) is 0 Å². The Morgan fingerprint density at radius 1 is 1.00 bits per heavy atom. The molecule has 1 aromatic heterocycles. The molecule has 2 unspecified atom stereocenters. The van der Waals surface area contributed by atoms with Crippen molar-refractivity contribution in [2.75, 3.05) is 11.9 Å². The number of aromatic nitrogens is 1. The Bertz CT molecular complexity index is 1080. The number of rotatable bonds is 4. The maximum absolute atomic E-state index is 12.5. The van der Waals surface area contributed by atoms with Crippen molar-refractivity contribution < 1.29 is 18.8 Å². The molecule has 0 radical (unpaired) electrons. The van der Waals surface area contributed by atoms with Gasteiger partial charge < -0.3 is 9.73 Å². The number of nitrogens with zero attached hydrogens (tertiary/aromatic N) is 2. The van der Waals surface area contributed by atoms with E-state index in [9.17, 15) is 14.4 Å². The predicted molar refractivity (Wildman–Crippen MR) is 110 cm³/mol. The highest BCUT2D eigenvalue weighted by Gasteiger charge is 2.48. The number of carbonyl (C=O) groups excluding carboxylic acids is 3. The van der Waals surface area contributed by atoms with E-state index in [0.29, 0.717) is 17.2 Å². The smallest absolute Gasteiger partial charge is 0.244 e. The Balaban J connectivity index is 1.25. The molecule has 1 saturated carbocycles. The number of amides is 3. The second kappa shape index (κ2) is 7.40. The summed E-state index contributed by atoms with van der Waals surface area (Å²) in [4.78, 5) is 43.1. The summed E-state index contributed by atoms with van der Waals surface area (Å²) in [5, 5.41) is 2.76. The number of benzene rings is 2. The van der Waals surface area contributed by atoms with Gasteiger partial charge in [-0.25, -0.2) is 4.98 Å². The Labute approximate surface area is 173 Å². The van der Waals surface area contributed by atoms with Gasteiger partial charge in [-0.3, -0.25) is 19.3 Å². The Morgan fingerprint density at radius 2 is 1.67 bits per heavy atom. The molecule has 5 rings (SSSR count). The van der Waals surface area contributed by atoms with Gasteiger partial charge in [0, 0.05) is 11.3 Å². The molecule has 1 aliphatic carbocycles. The normalized spacial score (nSPS) is 21.1. The van der Waals surface area contributed by atoms with Crippen LogP contribution < -0.4 is 5.32 Å². The number of oxazole rings is 1. The Hall–Kier alpha value is -3.48. The molecule has 152 valence electrons. The molecule has 7 nitrogen and oxygen atoms in total. The van der Waals surface area contributed by atoms with Gasteiger partial charge >= 0.3 is 0 Å². The van der Waals surface area contributed by atoms with E-state index in [1.807, 2.05) is 24.3 Å². The lowest BCUT2D eigenvalue weighted by molar-refractivity contribution is -0.142. The lowest BCUT2D eigenvalue weighted by atomic mass is 9.81. The van der Waals surface area contributed by atoms with Crippen LogP contribution in [0.15, 0.2) is 52.9 Å². The average molecular weight is 403 g/mol. The summed E-state index contributed by atoms with van der Waals surface area (Å²) in [5.74, 6) is -0.767. The summed E-state index contributed by atoms with van der Waals surface area (Å²) >= 11 is 0. The van der Waals surface area contributed by atoms with E-state index in [0.717, 1.165) is 41.7 Å². The van der Waals surface area contributed by atoms with Crippen molar-refractivity contribution in [1.82, 2.24) is 9.88 Å². The highest BCUT2D eigenvalue weighted by molar-refractivity contribution is 6.08. The van der Waals surface area contributed by atoms with Crippen LogP contribution in [-0.2, 0) is 14.4 Å². The zero-order chi connectivity index (χ0) is 20.7. The van der Waals surface area contributed by atoms with Crippen molar-refractivity contribution in [2.24, 2.45) is 11.8 Å². The van der Waals surface area contributed by atoms with Crippen molar-refractivity contribution in [2.45, 2.75) is 25.7 Å². The molecule has 7 heteroatoms. The van der Waals surface area contributed by atoms with E-state index in [2.05, 4.69) is 10.3 Å². The minimum Gasteiger partial charge on any atom is -0.436 e. The van der Waals surface area contributed by atoms with Gasteiger partial charge in [-0.1, -0.05) is 25.0 Å². The number of hydrogen-bond donors (Lipinski definition) is 1. The summed E-state index contributed by atoms with van der Waals surface area (Å²) in [6.45, 7) is -0.239. The fraction of sp³-hybridized carbons (Fsp3) is 0.304. The third-order valence-corrected chi connectivity index (χ3v) is 5.94. The second-order valence-corrected chi connectivity index (χ2v) is 7.87. The first-order valence-electron chi connectivity index (χ1n) is 10.2. The molecule has 1 N–H and O–H groups in total. The van der Waals surface area contributed by atoms with Crippen molar-refractivity contribution in [3.8, 4) is 11.5 Å². The molecule has 3 amide bonds. The van der Waals surface area contributed by atoms with Crippen LogP contribution in [0.3, 0.4) is 0 Å². The minimum absolute atomic E-state index is 0.203. The minimum atomic E-state index is -0.384. The van der Waals surface area contributed by atoms with Crippen molar-refractivity contribution in [3.63, 3.8) is 0 Å². The first kappa shape index (κ1) is 18.5. The van der Waals surface area contributed by atoms with Gasteiger partial charge in [0.05, 0.1) is 11.8 Å². The van der Waals surface area contributed by atoms with Crippen molar-refractivity contribution >= 4 is 34.5 Å². The quantitative estimate of drug-likeness (QED) is 0.672. The van der Waals surface area contributed by atoms with Crippen LogP contribution in [-0.4, -0.2) is 34.2 Å².